The average molecular weight is 212 g/mol. The molecule has 0 aromatic rings. The largest absolute Gasteiger partial charge is 0.448 e. The second-order valence-electron chi connectivity index (χ2n) is 3.49. The van der Waals surface area contributed by atoms with Crippen molar-refractivity contribution in [2.24, 2.45) is 11.7 Å². The SMILES string of the molecule is NC(=O)OCCNC(=O)C[C@@H]1C=CCC1. The van der Waals surface area contributed by atoms with Crippen LogP contribution in [0.4, 0.5) is 4.79 Å². The van der Waals surface area contributed by atoms with Gasteiger partial charge >= 0.3 is 6.09 Å². The topological polar surface area (TPSA) is 81.4 Å². The second-order valence-corrected chi connectivity index (χ2v) is 3.49. The summed E-state index contributed by atoms with van der Waals surface area (Å²) in [5.74, 6) is 0.349. The zero-order chi connectivity index (χ0) is 11.1. The highest BCUT2D eigenvalue weighted by atomic mass is 16.5. The molecular weight excluding hydrogens is 196 g/mol. The number of nitrogens with two attached hydrogens (primary N) is 1. The van der Waals surface area contributed by atoms with Gasteiger partial charge in [-0.05, 0) is 18.8 Å². The smallest absolute Gasteiger partial charge is 0.404 e. The molecule has 0 saturated carbocycles. The van der Waals surface area contributed by atoms with Crippen LogP contribution in [0.1, 0.15) is 19.3 Å². The van der Waals surface area contributed by atoms with Gasteiger partial charge in [0.25, 0.3) is 0 Å². The van der Waals surface area contributed by atoms with Crippen LogP contribution >= 0.6 is 0 Å². The third-order valence-electron chi connectivity index (χ3n) is 2.23. The van der Waals surface area contributed by atoms with Gasteiger partial charge in [-0.15, -0.1) is 0 Å². The molecule has 1 rings (SSSR count). The second kappa shape index (κ2) is 6.06. The Morgan fingerprint density at radius 2 is 2.33 bits per heavy atom. The van der Waals surface area contributed by atoms with Crippen molar-refractivity contribution >= 4 is 12.0 Å². The lowest BCUT2D eigenvalue weighted by atomic mass is 10.1. The molecule has 0 bridgehead atoms. The summed E-state index contributed by atoms with van der Waals surface area (Å²) in [5, 5.41) is 2.66. The lowest BCUT2D eigenvalue weighted by molar-refractivity contribution is -0.121. The van der Waals surface area contributed by atoms with Crippen molar-refractivity contribution in [1.29, 1.82) is 0 Å². The molecule has 3 N–H and O–H groups in total. The van der Waals surface area contributed by atoms with Gasteiger partial charge in [-0.2, -0.15) is 0 Å². The van der Waals surface area contributed by atoms with Gasteiger partial charge in [-0.3, -0.25) is 4.79 Å². The number of allylic oxidation sites excluding steroid dienone is 2. The molecule has 0 unspecified atom stereocenters. The molecule has 1 aliphatic rings. The summed E-state index contributed by atoms with van der Waals surface area (Å²) in [6, 6.07) is 0. The molecule has 15 heavy (non-hydrogen) atoms. The Hall–Kier alpha value is -1.52. The Morgan fingerprint density at radius 1 is 1.53 bits per heavy atom. The first-order valence-electron chi connectivity index (χ1n) is 5.04. The van der Waals surface area contributed by atoms with Crippen LogP contribution in [0.25, 0.3) is 0 Å². The quantitative estimate of drug-likeness (QED) is 0.516. The molecule has 0 heterocycles. The Bertz CT molecular complexity index is 263. The first-order valence-corrected chi connectivity index (χ1v) is 5.04. The molecule has 0 radical (unpaired) electrons. The highest BCUT2D eigenvalue weighted by Gasteiger charge is 2.13. The fourth-order valence-electron chi connectivity index (χ4n) is 1.52. The maximum Gasteiger partial charge on any atom is 0.404 e. The molecule has 1 atom stereocenters. The van der Waals surface area contributed by atoms with E-state index in [2.05, 4.69) is 22.2 Å². The van der Waals surface area contributed by atoms with E-state index >= 15 is 0 Å². The van der Waals surface area contributed by atoms with Crippen molar-refractivity contribution in [1.82, 2.24) is 5.32 Å². The lowest BCUT2D eigenvalue weighted by Gasteiger charge is -2.08. The molecule has 1 aliphatic carbocycles. The number of hydrogen-bond acceptors (Lipinski definition) is 3. The van der Waals surface area contributed by atoms with E-state index in [1.807, 2.05) is 0 Å². The Kier molecular flexibility index (Phi) is 4.66. The molecule has 2 amide bonds. The first-order chi connectivity index (χ1) is 7.18. The van der Waals surface area contributed by atoms with Crippen LogP contribution in [-0.2, 0) is 9.53 Å². The van der Waals surface area contributed by atoms with Gasteiger partial charge in [-0.1, -0.05) is 12.2 Å². The summed E-state index contributed by atoms with van der Waals surface area (Å²) in [7, 11) is 0. The molecule has 0 spiro atoms. The monoisotopic (exact) mass is 212 g/mol. The molecular formula is C10H16N2O3. The van der Waals surface area contributed by atoms with E-state index in [-0.39, 0.29) is 12.5 Å². The molecule has 0 aliphatic heterocycles. The predicted molar refractivity (Wildman–Crippen MR) is 55.0 cm³/mol. The van der Waals surface area contributed by atoms with Gasteiger partial charge in [0, 0.05) is 6.42 Å². The van der Waals surface area contributed by atoms with Crippen molar-refractivity contribution in [2.75, 3.05) is 13.2 Å². The van der Waals surface area contributed by atoms with Crippen LogP contribution in [0.15, 0.2) is 12.2 Å². The highest BCUT2D eigenvalue weighted by molar-refractivity contribution is 5.76. The van der Waals surface area contributed by atoms with Gasteiger partial charge in [0.15, 0.2) is 0 Å². The van der Waals surface area contributed by atoms with E-state index in [9.17, 15) is 9.59 Å². The molecule has 5 heteroatoms. The van der Waals surface area contributed by atoms with Crippen molar-refractivity contribution in [3.05, 3.63) is 12.2 Å². The minimum atomic E-state index is -0.817. The van der Waals surface area contributed by atoms with Crippen molar-refractivity contribution < 1.29 is 14.3 Å². The summed E-state index contributed by atoms with van der Waals surface area (Å²) in [4.78, 5) is 21.5. The zero-order valence-electron chi connectivity index (χ0n) is 8.57. The number of amides is 2. The van der Waals surface area contributed by atoms with Crippen molar-refractivity contribution in [3.8, 4) is 0 Å². The molecule has 84 valence electrons. The summed E-state index contributed by atoms with van der Waals surface area (Å²) in [6.45, 7) is 0.444. The third kappa shape index (κ3) is 5.05. The van der Waals surface area contributed by atoms with Gasteiger partial charge in [0.1, 0.15) is 6.61 Å². The van der Waals surface area contributed by atoms with E-state index in [4.69, 9.17) is 5.73 Å². The molecule has 0 aromatic heterocycles. The van der Waals surface area contributed by atoms with Crippen LogP contribution in [0.3, 0.4) is 0 Å². The van der Waals surface area contributed by atoms with Crippen LogP contribution in [0.2, 0.25) is 0 Å². The standard InChI is InChI=1S/C10H16N2O3/c11-10(14)15-6-5-12-9(13)7-8-3-1-2-4-8/h1,3,8H,2,4-7H2,(H2,11,14)(H,12,13)/t8-/m1/s1. The maximum absolute atomic E-state index is 11.3. The number of hydrogen-bond donors (Lipinski definition) is 2. The van der Waals surface area contributed by atoms with Gasteiger partial charge in [0.05, 0.1) is 6.54 Å². The minimum absolute atomic E-state index is 0.0142. The van der Waals surface area contributed by atoms with Crippen LogP contribution in [-0.4, -0.2) is 25.2 Å². The number of ether oxygens (including phenoxy) is 1. The van der Waals surface area contributed by atoms with Crippen LogP contribution < -0.4 is 11.1 Å². The van der Waals surface area contributed by atoms with E-state index in [0.29, 0.717) is 18.9 Å². The Morgan fingerprint density at radius 3 is 2.93 bits per heavy atom. The zero-order valence-corrected chi connectivity index (χ0v) is 8.57. The first kappa shape index (κ1) is 11.6. The fraction of sp³-hybridized carbons (Fsp3) is 0.600. The minimum Gasteiger partial charge on any atom is -0.448 e. The summed E-state index contributed by atoms with van der Waals surface area (Å²) in [6.07, 6.45) is 5.96. The lowest BCUT2D eigenvalue weighted by Crippen LogP contribution is -2.29. The fourth-order valence-corrected chi connectivity index (χ4v) is 1.52. The predicted octanol–water partition coefficient (Wildman–Crippen LogP) is 0.554. The average Bonchev–Trinajstić information content (AvgIpc) is 2.64. The van der Waals surface area contributed by atoms with Crippen molar-refractivity contribution in [3.63, 3.8) is 0 Å². The Labute approximate surface area is 88.7 Å². The van der Waals surface area contributed by atoms with Gasteiger partial charge < -0.3 is 15.8 Å². The molecule has 5 nitrogen and oxygen atoms in total. The van der Waals surface area contributed by atoms with E-state index < -0.39 is 6.09 Å². The number of primary amides is 1. The molecule has 0 saturated heterocycles. The summed E-state index contributed by atoms with van der Waals surface area (Å²) in [5.41, 5.74) is 4.76. The summed E-state index contributed by atoms with van der Waals surface area (Å²) < 4.78 is 4.47. The Balaban J connectivity index is 2.03. The summed E-state index contributed by atoms with van der Waals surface area (Å²) >= 11 is 0. The molecule has 0 aromatic carbocycles. The third-order valence-corrected chi connectivity index (χ3v) is 2.23. The van der Waals surface area contributed by atoms with Crippen molar-refractivity contribution in [2.45, 2.75) is 19.3 Å². The number of rotatable bonds is 5. The van der Waals surface area contributed by atoms with Crippen LogP contribution in [0, 0.1) is 5.92 Å². The van der Waals surface area contributed by atoms with Gasteiger partial charge in [0.2, 0.25) is 5.91 Å². The number of carbonyl (C=O) groups excluding carboxylic acids is 2. The van der Waals surface area contributed by atoms with E-state index in [0.717, 1.165) is 12.8 Å². The maximum atomic E-state index is 11.3. The van der Waals surface area contributed by atoms with Gasteiger partial charge in [-0.25, -0.2) is 4.79 Å². The van der Waals surface area contributed by atoms with Crippen LogP contribution in [0.5, 0.6) is 0 Å². The number of nitrogens with one attached hydrogen (secondary N) is 1. The van der Waals surface area contributed by atoms with E-state index in [1.165, 1.54) is 0 Å². The number of carbonyl (C=O) groups is 2. The normalized spacial score (nSPS) is 18.8. The van der Waals surface area contributed by atoms with E-state index in [1.54, 1.807) is 0 Å². The molecule has 0 fully saturated rings. The highest BCUT2D eigenvalue weighted by Crippen LogP contribution is 2.19.